The Bertz CT molecular complexity index is 440. The summed E-state index contributed by atoms with van der Waals surface area (Å²) in [6, 6.07) is 5.42. The Morgan fingerprint density at radius 2 is 2.29 bits per heavy atom. The second-order valence-electron chi connectivity index (χ2n) is 3.14. The van der Waals surface area contributed by atoms with E-state index in [2.05, 4.69) is 28.5 Å². The largest absolute Gasteiger partial charge is 0.410 e. The third-order valence-corrected chi connectivity index (χ3v) is 2.98. The van der Waals surface area contributed by atoms with Crippen LogP contribution in [0.25, 0.3) is 0 Å². The molecule has 0 atom stereocenters. The van der Waals surface area contributed by atoms with Gasteiger partial charge in [0.1, 0.15) is 12.4 Å². The number of nitrogens with two attached hydrogens (primary N) is 1. The van der Waals surface area contributed by atoms with Crippen molar-refractivity contribution in [3.05, 3.63) is 27.3 Å². The zero-order chi connectivity index (χ0) is 12.7. The average molecular weight is 345 g/mol. The number of benzene rings is 1. The van der Waals surface area contributed by atoms with E-state index >= 15 is 0 Å². The minimum absolute atomic E-state index is 0.273. The Balaban J connectivity index is 2.74. The van der Waals surface area contributed by atoms with E-state index in [1.165, 1.54) is 0 Å². The molecule has 0 unspecified atom stereocenters. The smallest absolute Gasteiger partial charge is 0.409 e. The van der Waals surface area contributed by atoms with E-state index < -0.39 is 6.09 Å². The van der Waals surface area contributed by atoms with Gasteiger partial charge < -0.3 is 15.2 Å². The maximum Gasteiger partial charge on any atom is 0.409 e. The van der Waals surface area contributed by atoms with E-state index in [0.717, 1.165) is 9.13 Å². The van der Waals surface area contributed by atoms with Crippen molar-refractivity contribution >= 4 is 28.7 Å². The fraction of sp³-hybridized carbons (Fsp3) is 0.250. The molecule has 0 fully saturated rings. The average Bonchev–Trinajstić information content (AvgIpc) is 2.26. The van der Waals surface area contributed by atoms with E-state index in [1.54, 1.807) is 12.1 Å². The Kier molecular flexibility index (Phi) is 5.80. The van der Waals surface area contributed by atoms with Gasteiger partial charge in [0.05, 0.1) is 6.61 Å². The molecule has 2 N–H and O–H groups in total. The molecule has 4 nitrogen and oxygen atoms in total. The number of halogens is 1. The summed E-state index contributed by atoms with van der Waals surface area (Å²) in [5, 5.41) is 0. The summed E-state index contributed by atoms with van der Waals surface area (Å²) in [6.45, 7) is 0.745. The normalized spacial score (nSPS) is 9.65. The second-order valence-corrected chi connectivity index (χ2v) is 4.31. The van der Waals surface area contributed by atoms with Gasteiger partial charge >= 0.3 is 6.09 Å². The van der Waals surface area contributed by atoms with Crippen LogP contribution in [0.3, 0.4) is 0 Å². The number of rotatable bonds is 5. The van der Waals surface area contributed by atoms with Gasteiger partial charge in [-0.3, -0.25) is 0 Å². The number of ether oxygens (including phenoxy) is 2. The summed E-state index contributed by atoms with van der Waals surface area (Å²) in [7, 11) is 0. The van der Waals surface area contributed by atoms with Crippen LogP contribution < -0.4 is 10.5 Å². The van der Waals surface area contributed by atoms with Crippen molar-refractivity contribution in [3.63, 3.8) is 0 Å². The van der Waals surface area contributed by atoms with Gasteiger partial charge in [0.15, 0.2) is 0 Å². The maximum atomic E-state index is 10.7. The lowest BCUT2D eigenvalue weighted by atomic mass is 10.1. The molecule has 5 heteroatoms. The molecule has 0 saturated heterocycles. The number of carbonyl (C=O) groups excluding carboxylic acids is 1. The number of terminal acetylenes is 1. The van der Waals surface area contributed by atoms with Gasteiger partial charge in [-0.05, 0) is 34.7 Å². The molecular formula is C12H12INO3. The highest BCUT2D eigenvalue weighted by Gasteiger charge is 2.09. The highest BCUT2D eigenvalue weighted by molar-refractivity contribution is 14.1. The van der Waals surface area contributed by atoms with E-state index in [4.69, 9.17) is 21.6 Å². The Morgan fingerprint density at radius 1 is 1.53 bits per heavy atom. The second kappa shape index (κ2) is 7.14. The number of carbonyl (C=O) groups is 1. The standard InChI is InChI=1S/C12H12INO3/c1-2-7-16-8-6-9-10(13)4-3-5-11(9)17-12(14)15/h1,3-5H,6-8H2,(H2,14,15). The molecule has 0 heterocycles. The molecule has 0 aliphatic rings. The molecule has 90 valence electrons. The van der Waals surface area contributed by atoms with Crippen molar-refractivity contribution in [1.82, 2.24) is 0 Å². The molecule has 1 rings (SSSR count). The monoisotopic (exact) mass is 345 g/mol. The van der Waals surface area contributed by atoms with Crippen molar-refractivity contribution in [2.75, 3.05) is 13.2 Å². The minimum Gasteiger partial charge on any atom is -0.410 e. The molecule has 17 heavy (non-hydrogen) atoms. The van der Waals surface area contributed by atoms with Crippen molar-refractivity contribution in [2.24, 2.45) is 5.73 Å². The molecule has 0 radical (unpaired) electrons. The highest BCUT2D eigenvalue weighted by Crippen LogP contribution is 2.24. The van der Waals surface area contributed by atoms with Gasteiger partial charge in [0.25, 0.3) is 0 Å². The Labute approximate surface area is 114 Å². The topological polar surface area (TPSA) is 61.6 Å². The first kappa shape index (κ1) is 13.8. The molecule has 0 aliphatic carbocycles. The van der Waals surface area contributed by atoms with E-state index in [0.29, 0.717) is 18.8 Å². The molecule has 0 aliphatic heterocycles. The van der Waals surface area contributed by atoms with Crippen molar-refractivity contribution in [1.29, 1.82) is 0 Å². The van der Waals surface area contributed by atoms with Crippen LogP contribution in [0.15, 0.2) is 18.2 Å². The van der Waals surface area contributed by atoms with Gasteiger partial charge in [-0.25, -0.2) is 4.79 Å². The number of primary amides is 1. The molecule has 0 aromatic heterocycles. The zero-order valence-electron chi connectivity index (χ0n) is 9.11. The van der Waals surface area contributed by atoms with E-state index in [9.17, 15) is 4.79 Å². The zero-order valence-corrected chi connectivity index (χ0v) is 11.3. The maximum absolute atomic E-state index is 10.7. The Hall–Kier alpha value is -1.26. The minimum atomic E-state index is -0.821. The van der Waals surface area contributed by atoms with Crippen molar-refractivity contribution < 1.29 is 14.3 Å². The highest BCUT2D eigenvalue weighted by atomic mass is 127. The first-order valence-electron chi connectivity index (χ1n) is 4.91. The van der Waals surface area contributed by atoms with Gasteiger partial charge in [0, 0.05) is 15.6 Å². The summed E-state index contributed by atoms with van der Waals surface area (Å²) >= 11 is 2.17. The fourth-order valence-corrected chi connectivity index (χ4v) is 2.03. The van der Waals surface area contributed by atoms with Crippen LogP contribution in [0.2, 0.25) is 0 Å². The van der Waals surface area contributed by atoms with Crippen LogP contribution >= 0.6 is 22.6 Å². The van der Waals surface area contributed by atoms with Gasteiger partial charge in [0.2, 0.25) is 0 Å². The molecule has 0 saturated carbocycles. The fourth-order valence-electron chi connectivity index (χ4n) is 1.29. The molecule has 1 amide bonds. The summed E-state index contributed by atoms with van der Waals surface area (Å²) < 4.78 is 11.1. The third-order valence-electron chi connectivity index (χ3n) is 1.97. The van der Waals surface area contributed by atoms with Crippen LogP contribution in [0.4, 0.5) is 4.79 Å². The summed E-state index contributed by atoms with van der Waals surface area (Å²) in [4.78, 5) is 10.7. The van der Waals surface area contributed by atoms with Crippen LogP contribution in [0.5, 0.6) is 5.75 Å². The van der Waals surface area contributed by atoms with Crippen LogP contribution in [-0.2, 0) is 11.2 Å². The number of amides is 1. The summed E-state index contributed by atoms with van der Waals surface area (Å²) in [5.41, 5.74) is 5.89. The molecule has 0 spiro atoms. The summed E-state index contributed by atoms with van der Waals surface area (Å²) in [6.07, 6.45) is 4.86. The molecule has 0 bridgehead atoms. The van der Waals surface area contributed by atoms with Gasteiger partial charge in [-0.15, -0.1) is 6.42 Å². The van der Waals surface area contributed by atoms with Crippen LogP contribution in [0, 0.1) is 15.9 Å². The van der Waals surface area contributed by atoms with E-state index in [1.807, 2.05) is 6.07 Å². The first-order chi connectivity index (χ1) is 8.15. The quantitative estimate of drug-likeness (QED) is 0.504. The van der Waals surface area contributed by atoms with Crippen molar-refractivity contribution in [3.8, 4) is 18.1 Å². The van der Waals surface area contributed by atoms with Crippen LogP contribution in [0.1, 0.15) is 5.56 Å². The lowest BCUT2D eigenvalue weighted by molar-refractivity contribution is 0.169. The van der Waals surface area contributed by atoms with Crippen LogP contribution in [-0.4, -0.2) is 19.3 Å². The lowest BCUT2D eigenvalue weighted by Crippen LogP contribution is -2.17. The number of hydrogen-bond donors (Lipinski definition) is 1. The Morgan fingerprint density at radius 3 is 2.94 bits per heavy atom. The van der Waals surface area contributed by atoms with E-state index in [-0.39, 0.29) is 6.61 Å². The van der Waals surface area contributed by atoms with Crippen molar-refractivity contribution in [2.45, 2.75) is 6.42 Å². The number of hydrogen-bond acceptors (Lipinski definition) is 3. The predicted molar refractivity (Wildman–Crippen MR) is 72.7 cm³/mol. The SMILES string of the molecule is C#CCOCCc1c(I)cccc1OC(N)=O. The molecular weight excluding hydrogens is 333 g/mol. The summed E-state index contributed by atoms with van der Waals surface area (Å²) in [5.74, 6) is 2.85. The first-order valence-corrected chi connectivity index (χ1v) is 5.99. The third kappa shape index (κ3) is 4.63. The van der Waals surface area contributed by atoms with Gasteiger partial charge in [-0.2, -0.15) is 0 Å². The lowest BCUT2D eigenvalue weighted by Gasteiger charge is -2.10. The molecule has 1 aromatic carbocycles. The van der Waals surface area contributed by atoms with Gasteiger partial charge in [-0.1, -0.05) is 12.0 Å². The molecule has 1 aromatic rings. The predicted octanol–water partition coefficient (Wildman–Crippen LogP) is 1.94.